The molecular weight excluding hydrogens is 224 g/mol. The van der Waals surface area contributed by atoms with Crippen molar-refractivity contribution in [3.8, 4) is 0 Å². The molecule has 0 aliphatic carbocycles. The average molecular weight is 236 g/mol. The Hall–Kier alpha value is -2.08. The number of carbonyl (C=O) groups is 1. The summed E-state index contributed by atoms with van der Waals surface area (Å²) in [4.78, 5) is 10.6. The minimum absolute atomic E-state index is 0.152. The number of nitrogens with zero attached hydrogens (tertiary/aromatic N) is 1. The number of furan rings is 1. The van der Waals surface area contributed by atoms with Gasteiger partial charge in [0.15, 0.2) is 0 Å². The molecule has 90 valence electrons. The van der Waals surface area contributed by atoms with Crippen LogP contribution in [0.3, 0.4) is 0 Å². The fourth-order valence-corrected chi connectivity index (χ4v) is 1.40. The first-order chi connectivity index (χ1) is 8.15. The van der Waals surface area contributed by atoms with Gasteiger partial charge < -0.3 is 19.4 Å². The number of hydrogen-bond donors (Lipinski definition) is 2. The number of carboxylic acids is 1. The van der Waals surface area contributed by atoms with Crippen LogP contribution in [0.15, 0.2) is 27.3 Å². The number of aromatic carboxylic acids is 1. The third-order valence-electron chi connectivity index (χ3n) is 2.18. The average Bonchev–Trinajstić information content (AvgIpc) is 2.88. The van der Waals surface area contributed by atoms with Crippen molar-refractivity contribution in [3.05, 3.63) is 41.2 Å². The zero-order chi connectivity index (χ0) is 12.3. The molecule has 2 aromatic rings. The van der Waals surface area contributed by atoms with E-state index in [0.29, 0.717) is 18.8 Å². The summed E-state index contributed by atoms with van der Waals surface area (Å²) in [6, 6.07) is 3.32. The molecule has 0 unspecified atom stereocenters. The van der Waals surface area contributed by atoms with Crippen molar-refractivity contribution in [2.24, 2.45) is 0 Å². The minimum atomic E-state index is -0.993. The molecule has 0 saturated heterocycles. The lowest BCUT2D eigenvalue weighted by atomic mass is 10.3. The van der Waals surface area contributed by atoms with Gasteiger partial charge in [-0.2, -0.15) is 0 Å². The molecule has 0 atom stereocenters. The first-order valence-electron chi connectivity index (χ1n) is 5.09. The number of aromatic nitrogens is 1. The summed E-state index contributed by atoms with van der Waals surface area (Å²) in [5.74, 6) is 0.336. The Balaban J connectivity index is 1.83. The van der Waals surface area contributed by atoms with Crippen LogP contribution in [-0.4, -0.2) is 16.2 Å². The van der Waals surface area contributed by atoms with Gasteiger partial charge in [-0.15, -0.1) is 0 Å². The highest BCUT2D eigenvalue weighted by Crippen LogP contribution is 2.08. The Morgan fingerprint density at radius 1 is 1.47 bits per heavy atom. The van der Waals surface area contributed by atoms with Gasteiger partial charge in [-0.1, -0.05) is 5.16 Å². The molecule has 0 saturated carbocycles. The van der Waals surface area contributed by atoms with Crippen molar-refractivity contribution in [3.63, 3.8) is 0 Å². The van der Waals surface area contributed by atoms with Gasteiger partial charge in [0.05, 0.1) is 17.8 Å². The molecule has 0 amide bonds. The van der Waals surface area contributed by atoms with E-state index in [4.69, 9.17) is 14.0 Å². The van der Waals surface area contributed by atoms with Crippen molar-refractivity contribution in [2.75, 3.05) is 0 Å². The van der Waals surface area contributed by atoms with Crippen molar-refractivity contribution < 1.29 is 18.8 Å². The molecule has 17 heavy (non-hydrogen) atoms. The smallest absolute Gasteiger partial charge is 0.338 e. The van der Waals surface area contributed by atoms with Crippen LogP contribution in [0, 0.1) is 6.92 Å². The predicted octanol–water partition coefficient (Wildman–Crippen LogP) is 1.56. The third-order valence-corrected chi connectivity index (χ3v) is 2.18. The molecule has 6 nitrogen and oxygen atoms in total. The van der Waals surface area contributed by atoms with Crippen LogP contribution in [0.5, 0.6) is 0 Å². The first-order valence-corrected chi connectivity index (χ1v) is 5.09. The molecule has 0 radical (unpaired) electrons. The standard InChI is InChI=1S/C11H12N2O4/c1-7-2-9(13-17-7)4-12-5-10-3-8(6-16-10)11(14)15/h2-3,6,12H,4-5H2,1H3,(H,14,15). The van der Waals surface area contributed by atoms with Crippen molar-refractivity contribution >= 4 is 5.97 Å². The first kappa shape index (κ1) is 11.4. The van der Waals surface area contributed by atoms with E-state index in [2.05, 4.69) is 10.5 Å². The molecule has 6 heteroatoms. The maximum atomic E-state index is 10.6. The molecule has 2 heterocycles. The van der Waals surface area contributed by atoms with E-state index in [-0.39, 0.29) is 5.56 Å². The van der Waals surface area contributed by atoms with Gasteiger partial charge in [-0.25, -0.2) is 4.79 Å². The Bertz CT molecular complexity index is 515. The van der Waals surface area contributed by atoms with Crippen molar-refractivity contribution in [1.82, 2.24) is 10.5 Å². The molecular formula is C11H12N2O4. The second-order valence-electron chi connectivity index (χ2n) is 3.64. The Morgan fingerprint density at radius 2 is 2.29 bits per heavy atom. The van der Waals surface area contributed by atoms with Gasteiger partial charge >= 0.3 is 5.97 Å². The molecule has 2 aromatic heterocycles. The topological polar surface area (TPSA) is 88.5 Å². The largest absolute Gasteiger partial charge is 0.478 e. The quantitative estimate of drug-likeness (QED) is 0.819. The van der Waals surface area contributed by atoms with Crippen LogP contribution in [0.1, 0.15) is 27.6 Å². The third kappa shape index (κ3) is 2.94. The van der Waals surface area contributed by atoms with Crippen LogP contribution in [0.4, 0.5) is 0 Å². The lowest BCUT2D eigenvalue weighted by Crippen LogP contribution is -2.12. The number of hydrogen-bond acceptors (Lipinski definition) is 5. The molecule has 0 aromatic carbocycles. The summed E-state index contributed by atoms with van der Waals surface area (Å²) in [5.41, 5.74) is 0.951. The van der Waals surface area contributed by atoms with Gasteiger partial charge in [-0.05, 0) is 13.0 Å². The summed E-state index contributed by atoms with van der Waals surface area (Å²) < 4.78 is 9.99. The second-order valence-corrected chi connectivity index (χ2v) is 3.64. The van der Waals surface area contributed by atoms with Crippen molar-refractivity contribution in [2.45, 2.75) is 20.0 Å². The number of rotatable bonds is 5. The van der Waals surface area contributed by atoms with E-state index in [0.717, 1.165) is 11.5 Å². The van der Waals surface area contributed by atoms with E-state index < -0.39 is 5.97 Å². The normalized spacial score (nSPS) is 10.6. The molecule has 2 rings (SSSR count). The Labute approximate surface area is 97.2 Å². The van der Waals surface area contributed by atoms with E-state index in [1.807, 2.05) is 13.0 Å². The SMILES string of the molecule is Cc1cc(CNCc2cc(C(=O)O)co2)no1. The summed E-state index contributed by atoms with van der Waals surface area (Å²) in [5, 5.41) is 15.6. The maximum Gasteiger partial charge on any atom is 0.338 e. The van der Waals surface area contributed by atoms with Crippen LogP contribution in [0.25, 0.3) is 0 Å². The Morgan fingerprint density at radius 3 is 2.88 bits per heavy atom. The van der Waals surface area contributed by atoms with Gasteiger partial charge in [0.1, 0.15) is 17.8 Å². The number of aryl methyl sites for hydroxylation is 1. The van der Waals surface area contributed by atoms with E-state index in [9.17, 15) is 4.79 Å². The highest BCUT2D eigenvalue weighted by molar-refractivity contribution is 5.87. The van der Waals surface area contributed by atoms with Crippen LogP contribution < -0.4 is 5.32 Å². The minimum Gasteiger partial charge on any atom is -0.478 e. The van der Waals surface area contributed by atoms with Crippen LogP contribution in [0.2, 0.25) is 0 Å². The van der Waals surface area contributed by atoms with Gasteiger partial charge in [-0.3, -0.25) is 0 Å². The number of carboxylic acid groups (broad SMARTS) is 1. The molecule has 0 bridgehead atoms. The van der Waals surface area contributed by atoms with Gasteiger partial charge in [0.25, 0.3) is 0 Å². The molecule has 0 aliphatic rings. The molecule has 2 N–H and O–H groups in total. The lowest BCUT2D eigenvalue weighted by molar-refractivity contribution is 0.0696. The van der Waals surface area contributed by atoms with E-state index >= 15 is 0 Å². The zero-order valence-electron chi connectivity index (χ0n) is 9.27. The summed E-state index contributed by atoms with van der Waals surface area (Å²) >= 11 is 0. The van der Waals surface area contributed by atoms with Gasteiger partial charge in [0, 0.05) is 12.6 Å². The highest BCUT2D eigenvalue weighted by atomic mass is 16.5. The van der Waals surface area contributed by atoms with Crippen molar-refractivity contribution in [1.29, 1.82) is 0 Å². The summed E-state index contributed by atoms with van der Waals surface area (Å²) in [7, 11) is 0. The molecule has 0 fully saturated rings. The monoisotopic (exact) mass is 236 g/mol. The van der Waals surface area contributed by atoms with Gasteiger partial charge in [0.2, 0.25) is 0 Å². The Kier molecular flexibility index (Phi) is 3.24. The fourth-order valence-electron chi connectivity index (χ4n) is 1.40. The van der Waals surface area contributed by atoms with Crippen LogP contribution >= 0.6 is 0 Å². The molecule has 0 aliphatic heterocycles. The number of nitrogens with one attached hydrogen (secondary N) is 1. The van der Waals surface area contributed by atoms with E-state index in [1.165, 1.54) is 12.3 Å². The lowest BCUT2D eigenvalue weighted by Gasteiger charge is -1.97. The summed E-state index contributed by atoms with van der Waals surface area (Å²) in [6.45, 7) is 2.81. The fraction of sp³-hybridized carbons (Fsp3) is 0.273. The zero-order valence-corrected chi connectivity index (χ0v) is 9.27. The highest BCUT2D eigenvalue weighted by Gasteiger charge is 2.08. The maximum absolute atomic E-state index is 10.6. The predicted molar refractivity (Wildman–Crippen MR) is 57.5 cm³/mol. The summed E-state index contributed by atoms with van der Waals surface area (Å²) in [6.07, 6.45) is 1.22. The second kappa shape index (κ2) is 4.84. The van der Waals surface area contributed by atoms with E-state index in [1.54, 1.807) is 0 Å². The van der Waals surface area contributed by atoms with Crippen LogP contribution in [-0.2, 0) is 13.1 Å². The molecule has 0 spiro atoms.